The van der Waals surface area contributed by atoms with E-state index in [0.29, 0.717) is 19.6 Å². The number of carbonyl (C=O) groups excluding carboxylic acids is 3. The number of methoxy groups -OCH3 is 1. The standard InChI is InChI=1S/C16H25NO6/c1-21-15(20)11-13(18)5-7-17-14(19)10-12-4-2-3-6-16(12)22-8-9-23-16/h12H,2-11H2,1H3,(H,17,19). The molecule has 0 aromatic heterocycles. The second-order valence-electron chi connectivity index (χ2n) is 6.05. The average molecular weight is 327 g/mol. The van der Waals surface area contributed by atoms with Gasteiger partial charge in [0.2, 0.25) is 5.91 Å². The van der Waals surface area contributed by atoms with E-state index >= 15 is 0 Å². The molecule has 1 amide bonds. The van der Waals surface area contributed by atoms with Crippen molar-refractivity contribution >= 4 is 17.7 Å². The van der Waals surface area contributed by atoms with Gasteiger partial charge in [-0.15, -0.1) is 0 Å². The minimum atomic E-state index is -0.587. The quantitative estimate of drug-likeness (QED) is 0.553. The second kappa shape index (κ2) is 8.40. The molecule has 130 valence electrons. The fourth-order valence-electron chi connectivity index (χ4n) is 3.25. The SMILES string of the molecule is COC(=O)CC(=O)CCNC(=O)CC1CCCCC12OCCO2. The monoisotopic (exact) mass is 327 g/mol. The summed E-state index contributed by atoms with van der Waals surface area (Å²) in [5, 5.41) is 2.74. The Bertz CT molecular complexity index is 444. The summed E-state index contributed by atoms with van der Waals surface area (Å²) in [6.07, 6.45) is 4.09. The van der Waals surface area contributed by atoms with Gasteiger partial charge in [-0.2, -0.15) is 0 Å². The van der Waals surface area contributed by atoms with Crippen LogP contribution in [0.15, 0.2) is 0 Å². The van der Waals surface area contributed by atoms with E-state index in [1.165, 1.54) is 7.11 Å². The molecule has 1 spiro atoms. The molecule has 1 aliphatic carbocycles. The molecule has 0 aromatic carbocycles. The third-order valence-corrected chi connectivity index (χ3v) is 4.45. The molecule has 0 bridgehead atoms. The Morgan fingerprint density at radius 3 is 2.65 bits per heavy atom. The number of amides is 1. The van der Waals surface area contributed by atoms with Crippen molar-refractivity contribution in [2.75, 3.05) is 26.9 Å². The van der Waals surface area contributed by atoms with E-state index in [1.807, 2.05) is 0 Å². The van der Waals surface area contributed by atoms with Gasteiger partial charge in [0.1, 0.15) is 12.2 Å². The van der Waals surface area contributed by atoms with Crippen molar-refractivity contribution in [2.45, 2.75) is 50.7 Å². The lowest BCUT2D eigenvalue weighted by atomic mass is 9.81. The fourth-order valence-corrected chi connectivity index (χ4v) is 3.25. The number of hydrogen-bond donors (Lipinski definition) is 1. The van der Waals surface area contributed by atoms with Gasteiger partial charge < -0.3 is 19.5 Å². The van der Waals surface area contributed by atoms with Gasteiger partial charge in [-0.3, -0.25) is 14.4 Å². The lowest BCUT2D eigenvalue weighted by Gasteiger charge is -2.39. The summed E-state index contributed by atoms with van der Waals surface area (Å²) in [6.45, 7) is 1.40. The predicted molar refractivity (Wildman–Crippen MR) is 80.5 cm³/mol. The van der Waals surface area contributed by atoms with Crippen molar-refractivity contribution in [1.82, 2.24) is 5.32 Å². The van der Waals surface area contributed by atoms with Gasteiger partial charge in [-0.1, -0.05) is 6.42 Å². The summed E-state index contributed by atoms with van der Waals surface area (Å²) >= 11 is 0. The van der Waals surface area contributed by atoms with Crippen molar-refractivity contribution in [3.05, 3.63) is 0 Å². The molecule has 1 saturated heterocycles. The lowest BCUT2D eigenvalue weighted by molar-refractivity contribution is -0.213. The Morgan fingerprint density at radius 1 is 1.22 bits per heavy atom. The molecule has 0 aromatic rings. The molecule has 1 unspecified atom stereocenters. The molecule has 1 N–H and O–H groups in total. The van der Waals surface area contributed by atoms with Gasteiger partial charge >= 0.3 is 5.97 Å². The molecular weight excluding hydrogens is 302 g/mol. The van der Waals surface area contributed by atoms with Crippen molar-refractivity contribution in [1.29, 1.82) is 0 Å². The first-order valence-corrected chi connectivity index (χ1v) is 8.19. The van der Waals surface area contributed by atoms with Crippen LogP contribution in [0.5, 0.6) is 0 Å². The summed E-state index contributed by atoms with van der Waals surface area (Å²) in [6, 6.07) is 0. The first-order valence-electron chi connectivity index (χ1n) is 8.19. The third kappa shape index (κ3) is 5.00. The Hall–Kier alpha value is -1.47. The highest BCUT2D eigenvalue weighted by atomic mass is 16.7. The number of ketones is 1. The van der Waals surface area contributed by atoms with Crippen LogP contribution < -0.4 is 5.32 Å². The van der Waals surface area contributed by atoms with E-state index in [4.69, 9.17) is 9.47 Å². The van der Waals surface area contributed by atoms with Gasteiger partial charge in [0.05, 0.1) is 20.3 Å². The Balaban J connectivity index is 1.71. The molecule has 1 saturated carbocycles. The number of ether oxygens (including phenoxy) is 3. The minimum absolute atomic E-state index is 0.0597. The largest absolute Gasteiger partial charge is 0.469 e. The summed E-state index contributed by atoms with van der Waals surface area (Å²) in [4.78, 5) is 34.5. The van der Waals surface area contributed by atoms with Crippen LogP contribution in [0.25, 0.3) is 0 Å². The van der Waals surface area contributed by atoms with E-state index in [0.717, 1.165) is 25.7 Å². The van der Waals surface area contributed by atoms with Crippen LogP contribution >= 0.6 is 0 Å². The van der Waals surface area contributed by atoms with Gasteiger partial charge in [-0.25, -0.2) is 0 Å². The Labute approximate surface area is 136 Å². The van der Waals surface area contributed by atoms with E-state index in [9.17, 15) is 14.4 Å². The number of hydrogen-bond acceptors (Lipinski definition) is 6. The highest BCUT2D eigenvalue weighted by Crippen LogP contribution is 2.42. The maximum Gasteiger partial charge on any atom is 0.313 e. The van der Waals surface area contributed by atoms with Crippen molar-refractivity contribution in [3.8, 4) is 0 Å². The van der Waals surface area contributed by atoms with Gasteiger partial charge in [0.25, 0.3) is 0 Å². The van der Waals surface area contributed by atoms with E-state index in [-0.39, 0.29) is 37.0 Å². The van der Waals surface area contributed by atoms with E-state index in [1.54, 1.807) is 0 Å². The molecule has 7 nitrogen and oxygen atoms in total. The Kier molecular flexibility index (Phi) is 6.53. The number of carbonyl (C=O) groups is 3. The average Bonchev–Trinajstić information content (AvgIpc) is 2.99. The molecule has 2 aliphatic rings. The van der Waals surface area contributed by atoms with Crippen LogP contribution in [0.3, 0.4) is 0 Å². The highest BCUT2D eigenvalue weighted by molar-refractivity contribution is 5.95. The Morgan fingerprint density at radius 2 is 1.96 bits per heavy atom. The van der Waals surface area contributed by atoms with Crippen molar-refractivity contribution in [2.24, 2.45) is 5.92 Å². The number of nitrogens with one attached hydrogen (secondary N) is 1. The zero-order valence-corrected chi connectivity index (χ0v) is 13.6. The zero-order valence-electron chi connectivity index (χ0n) is 13.6. The van der Waals surface area contributed by atoms with Crippen LogP contribution in [0.4, 0.5) is 0 Å². The number of Topliss-reactive ketones (excluding diaryl/α,β-unsaturated/α-hetero) is 1. The maximum absolute atomic E-state index is 12.1. The molecule has 1 heterocycles. The zero-order chi connectivity index (χ0) is 16.7. The number of rotatable bonds is 7. The summed E-state index contributed by atoms with van der Waals surface area (Å²) in [5.74, 6) is -1.43. The summed E-state index contributed by atoms with van der Waals surface area (Å²) < 4.78 is 16.0. The summed E-state index contributed by atoms with van der Waals surface area (Å²) in [7, 11) is 1.24. The van der Waals surface area contributed by atoms with E-state index < -0.39 is 11.8 Å². The molecule has 23 heavy (non-hydrogen) atoms. The van der Waals surface area contributed by atoms with E-state index in [2.05, 4.69) is 10.1 Å². The predicted octanol–water partition coefficient (Wildman–Crippen LogP) is 0.948. The molecule has 7 heteroatoms. The second-order valence-corrected chi connectivity index (χ2v) is 6.05. The van der Waals surface area contributed by atoms with Crippen LogP contribution in [0.2, 0.25) is 0 Å². The normalized spacial score (nSPS) is 22.7. The maximum atomic E-state index is 12.1. The molecule has 2 fully saturated rings. The van der Waals surface area contributed by atoms with Crippen molar-refractivity contribution < 1.29 is 28.6 Å². The van der Waals surface area contributed by atoms with Crippen LogP contribution in [0, 0.1) is 5.92 Å². The lowest BCUT2D eigenvalue weighted by Crippen LogP contribution is -2.44. The minimum Gasteiger partial charge on any atom is -0.469 e. The van der Waals surface area contributed by atoms with Gasteiger partial charge in [0, 0.05) is 31.7 Å². The molecule has 2 rings (SSSR count). The van der Waals surface area contributed by atoms with Gasteiger partial charge in [0.15, 0.2) is 5.79 Å². The topological polar surface area (TPSA) is 90.9 Å². The van der Waals surface area contributed by atoms with Gasteiger partial charge in [-0.05, 0) is 12.8 Å². The first-order chi connectivity index (χ1) is 11.1. The summed E-state index contributed by atoms with van der Waals surface area (Å²) in [5.41, 5.74) is 0. The van der Waals surface area contributed by atoms with Crippen LogP contribution in [-0.2, 0) is 28.6 Å². The molecule has 1 aliphatic heterocycles. The number of esters is 1. The third-order valence-electron chi connectivity index (χ3n) is 4.45. The highest BCUT2D eigenvalue weighted by Gasteiger charge is 2.46. The first kappa shape index (κ1) is 17.9. The smallest absolute Gasteiger partial charge is 0.313 e. The molecule has 1 atom stereocenters. The van der Waals surface area contributed by atoms with Crippen LogP contribution in [0.1, 0.15) is 44.9 Å². The fraction of sp³-hybridized carbons (Fsp3) is 0.812. The molecule has 0 radical (unpaired) electrons. The van der Waals surface area contributed by atoms with Crippen LogP contribution in [-0.4, -0.2) is 50.3 Å². The molecular formula is C16H25NO6. The van der Waals surface area contributed by atoms with Crippen molar-refractivity contribution in [3.63, 3.8) is 0 Å².